The predicted octanol–water partition coefficient (Wildman–Crippen LogP) is 11.5. The van der Waals surface area contributed by atoms with E-state index in [-0.39, 0.29) is 61.6 Å². The van der Waals surface area contributed by atoms with Gasteiger partial charge in [0.2, 0.25) is 0 Å². The normalized spacial score (nSPS) is 21.9. The minimum atomic E-state index is -1.14. The maximum Gasteiger partial charge on any atom is 0.0481 e. The van der Waals surface area contributed by atoms with Crippen LogP contribution in [0.3, 0.4) is 0 Å². The van der Waals surface area contributed by atoms with Gasteiger partial charge in [-0.1, -0.05) is 192 Å². The van der Waals surface area contributed by atoms with Crippen LogP contribution in [0.15, 0.2) is 0 Å². The average Bonchev–Trinajstić information content (AvgIpc) is 2.97. The lowest BCUT2D eigenvalue weighted by atomic mass is 9.40. The lowest BCUT2D eigenvalue weighted by Crippen LogP contribution is -2.82. The SMILES string of the molecule is CC(C)(C)C1(C(C)(C)C)CC(C(CCCCCCCC(=O)[O-])(C(=O)[O-])C2CC(C(C)(C)C)(C(C)(C)C)NC(C(C)(C)C)(C(C)(C)C)C2)CC(C(C)(C)C)(C(C)(C)C)N1. The molecule has 0 unspecified atom stereocenters. The first-order chi connectivity index (χ1) is 25.4. The van der Waals surface area contributed by atoms with Crippen LogP contribution < -0.4 is 20.8 Å². The van der Waals surface area contributed by atoms with Crippen LogP contribution in [0.5, 0.6) is 0 Å². The third-order valence-corrected chi connectivity index (χ3v) is 17.1. The molecule has 342 valence electrons. The molecular formula is C52H98N2O4-2. The van der Waals surface area contributed by atoms with Gasteiger partial charge >= 0.3 is 0 Å². The molecule has 0 saturated carbocycles. The highest BCUT2D eigenvalue weighted by molar-refractivity contribution is 5.74. The summed E-state index contributed by atoms with van der Waals surface area (Å²) in [4.78, 5) is 26.5. The molecule has 2 N–H and O–H groups in total. The first-order valence-corrected chi connectivity index (χ1v) is 23.4. The molecule has 0 spiro atoms. The number of piperidine rings is 2. The Labute approximate surface area is 360 Å². The van der Waals surface area contributed by atoms with Crippen molar-refractivity contribution >= 4 is 11.9 Å². The van der Waals surface area contributed by atoms with Gasteiger partial charge in [-0.05, 0) is 100 Å². The van der Waals surface area contributed by atoms with E-state index >= 15 is 9.90 Å². The molecule has 0 amide bonds. The summed E-state index contributed by atoms with van der Waals surface area (Å²) in [6.07, 6.45) is 7.48. The van der Waals surface area contributed by atoms with Gasteiger partial charge in [0.05, 0.1) is 0 Å². The highest BCUT2D eigenvalue weighted by Crippen LogP contribution is 2.68. The van der Waals surface area contributed by atoms with Crippen LogP contribution in [0.1, 0.15) is 237 Å². The Morgan fingerprint density at radius 3 is 0.845 bits per heavy atom. The fraction of sp³-hybridized carbons (Fsp3) is 0.962. The Morgan fingerprint density at radius 1 is 0.414 bits per heavy atom. The molecule has 2 heterocycles. The van der Waals surface area contributed by atoms with Crippen molar-refractivity contribution in [3.05, 3.63) is 0 Å². The average molecular weight is 815 g/mol. The number of carbonyl (C=O) groups is 2. The summed E-state index contributed by atoms with van der Waals surface area (Å²) in [5, 5.41) is 35.6. The third kappa shape index (κ3) is 9.15. The van der Waals surface area contributed by atoms with Crippen LogP contribution in [0, 0.1) is 60.6 Å². The van der Waals surface area contributed by atoms with Crippen molar-refractivity contribution in [1.82, 2.24) is 10.6 Å². The number of carbonyl (C=O) groups excluding carboxylic acids is 2. The Kier molecular flexibility index (Phi) is 14.8. The number of carboxylic acid groups (broad SMARTS) is 2. The number of hydrogen-bond donors (Lipinski definition) is 2. The smallest absolute Gasteiger partial charge is 0.0481 e. The van der Waals surface area contributed by atoms with Gasteiger partial charge in [-0.15, -0.1) is 0 Å². The zero-order valence-corrected chi connectivity index (χ0v) is 43.1. The third-order valence-electron chi connectivity index (χ3n) is 17.1. The summed E-state index contributed by atoms with van der Waals surface area (Å²) in [6, 6.07) is 0. The Morgan fingerprint density at radius 2 is 0.638 bits per heavy atom. The van der Waals surface area contributed by atoms with Gasteiger partial charge in [-0.2, -0.15) is 0 Å². The Hall–Kier alpha value is -1.14. The summed E-state index contributed by atoms with van der Waals surface area (Å²) < 4.78 is 0. The molecule has 0 aromatic carbocycles. The molecule has 2 saturated heterocycles. The van der Waals surface area contributed by atoms with E-state index in [1.165, 1.54) is 0 Å². The van der Waals surface area contributed by atoms with Gasteiger partial charge in [-0.25, -0.2) is 0 Å². The highest BCUT2D eigenvalue weighted by Gasteiger charge is 2.70. The number of rotatable bonds is 11. The molecule has 2 aliphatic heterocycles. The fourth-order valence-corrected chi connectivity index (χ4v) is 14.1. The number of unbranched alkanes of at least 4 members (excludes halogenated alkanes) is 4. The van der Waals surface area contributed by atoms with E-state index in [9.17, 15) is 9.90 Å². The monoisotopic (exact) mass is 815 g/mol. The molecule has 6 heteroatoms. The van der Waals surface area contributed by atoms with E-state index in [1.807, 2.05) is 0 Å². The first-order valence-electron chi connectivity index (χ1n) is 23.4. The minimum absolute atomic E-state index is 0.0693. The molecule has 2 rings (SSSR count). The summed E-state index contributed by atoms with van der Waals surface area (Å²) in [5.41, 5.74) is -4.50. The van der Waals surface area contributed by atoms with Gasteiger partial charge < -0.3 is 30.4 Å². The van der Waals surface area contributed by atoms with Gasteiger partial charge in [-0.3, -0.25) is 0 Å². The zero-order valence-electron chi connectivity index (χ0n) is 43.1. The second kappa shape index (κ2) is 16.2. The minimum Gasteiger partial charge on any atom is -0.550 e. The van der Waals surface area contributed by atoms with Gasteiger partial charge in [0.25, 0.3) is 0 Å². The Bertz CT molecular complexity index is 1190. The number of carboxylic acids is 2. The topological polar surface area (TPSA) is 104 Å². The molecule has 0 aromatic rings. The van der Waals surface area contributed by atoms with Gasteiger partial charge in [0.15, 0.2) is 0 Å². The molecule has 0 bridgehead atoms. The number of aliphatic carboxylic acids is 2. The van der Waals surface area contributed by atoms with Gasteiger partial charge in [0.1, 0.15) is 0 Å². The van der Waals surface area contributed by atoms with Crippen molar-refractivity contribution in [2.24, 2.45) is 60.6 Å². The molecule has 0 atom stereocenters. The molecule has 0 aromatic heterocycles. The summed E-state index contributed by atoms with van der Waals surface area (Å²) in [5.74, 6) is -2.22. The number of hydrogen-bond acceptors (Lipinski definition) is 6. The van der Waals surface area contributed by atoms with Crippen molar-refractivity contribution in [2.75, 3.05) is 0 Å². The zero-order chi connectivity index (χ0) is 46.0. The maximum absolute atomic E-state index is 15.3. The quantitative estimate of drug-likeness (QED) is 0.201. The van der Waals surface area contributed by atoms with E-state index in [1.54, 1.807) is 0 Å². The van der Waals surface area contributed by atoms with Crippen LogP contribution in [0.25, 0.3) is 0 Å². The fourth-order valence-electron chi connectivity index (χ4n) is 14.1. The van der Waals surface area contributed by atoms with E-state index < -0.39 is 39.5 Å². The van der Waals surface area contributed by atoms with E-state index in [2.05, 4.69) is 177 Å². The van der Waals surface area contributed by atoms with Crippen molar-refractivity contribution in [3.8, 4) is 0 Å². The molecule has 2 fully saturated rings. The van der Waals surface area contributed by atoms with Crippen molar-refractivity contribution in [3.63, 3.8) is 0 Å². The highest BCUT2D eigenvalue weighted by atomic mass is 16.4. The lowest BCUT2D eigenvalue weighted by molar-refractivity contribution is -0.332. The van der Waals surface area contributed by atoms with Crippen LogP contribution in [-0.4, -0.2) is 34.1 Å². The molecule has 2 aliphatic rings. The summed E-state index contributed by atoms with van der Waals surface area (Å²) >= 11 is 0. The van der Waals surface area contributed by atoms with Crippen molar-refractivity contribution in [1.29, 1.82) is 0 Å². The van der Waals surface area contributed by atoms with Gasteiger partial charge in [0, 0.05) is 39.5 Å². The summed E-state index contributed by atoms with van der Waals surface area (Å²) in [7, 11) is 0. The van der Waals surface area contributed by atoms with Crippen LogP contribution in [0.4, 0.5) is 0 Å². The van der Waals surface area contributed by atoms with Crippen LogP contribution in [-0.2, 0) is 9.59 Å². The van der Waals surface area contributed by atoms with Crippen molar-refractivity contribution < 1.29 is 19.8 Å². The Balaban J connectivity index is 3.32. The first kappa shape index (κ1) is 53.0. The summed E-state index contributed by atoms with van der Waals surface area (Å²) in [6.45, 7) is 56.9. The largest absolute Gasteiger partial charge is 0.550 e. The molecule has 58 heavy (non-hydrogen) atoms. The standard InChI is InChI=1S/C52H100N2O4/c1-40(2,3)49(41(4,5)6)32-36(33-50(53-49,42(7,8)9)43(10,11)12)48(39(57)58,31-29-27-25-26-28-30-38(55)56)37-34-51(44(13,14)15,45(16,17)18)54-52(35-37,46(19,20)21)47(22,23)24/h36-37,53-54H,25-35H2,1-24H3,(H,55,56)(H,57,58)/p-2. The second-order valence-corrected chi connectivity index (χ2v) is 28.0. The number of nitrogens with one attached hydrogen (secondary N) is 2. The molecular weight excluding hydrogens is 717 g/mol. The molecule has 0 aliphatic carbocycles. The van der Waals surface area contributed by atoms with Crippen molar-refractivity contribution in [2.45, 2.75) is 259 Å². The van der Waals surface area contributed by atoms with E-state index in [4.69, 9.17) is 0 Å². The maximum atomic E-state index is 15.3. The van der Waals surface area contributed by atoms with E-state index in [0.29, 0.717) is 12.8 Å². The lowest BCUT2D eigenvalue weighted by Gasteiger charge is -2.73. The van der Waals surface area contributed by atoms with Crippen LogP contribution >= 0.6 is 0 Å². The van der Waals surface area contributed by atoms with E-state index in [0.717, 1.165) is 51.4 Å². The van der Waals surface area contributed by atoms with Crippen LogP contribution in [0.2, 0.25) is 0 Å². The predicted molar refractivity (Wildman–Crippen MR) is 243 cm³/mol. The molecule has 6 nitrogen and oxygen atoms in total. The second-order valence-electron chi connectivity index (χ2n) is 28.0. The molecule has 0 radical (unpaired) electrons.